The number of rotatable bonds is 8. The zero-order valence-corrected chi connectivity index (χ0v) is 13.4. The fourth-order valence-corrected chi connectivity index (χ4v) is 3.84. The van der Waals surface area contributed by atoms with Crippen molar-refractivity contribution >= 4 is 10.0 Å². The van der Waals surface area contributed by atoms with Gasteiger partial charge in [-0.1, -0.05) is 31.8 Å². The summed E-state index contributed by atoms with van der Waals surface area (Å²) >= 11 is 0. The molecule has 0 unspecified atom stereocenters. The van der Waals surface area contributed by atoms with Gasteiger partial charge in [0.05, 0.1) is 5.60 Å². The first-order valence-corrected chi connectivity index (χ1v) is 8.39. The number of aryl methyl sites for hydroxylation is 2. The lowest BCUT2D eigenvalue weighted by Crippen LogP contribution is -2.43. The van der Waals surface area contributed by atoms with Crippen LogP contribution < -0.4 is 4.72 Å². The third kappa shape index (κ3) is 4.04. The first-order chi connectivity index (χ1) is 9.25. The van der Waals surface area contributed by atoms with Gasteiger partial charge in [0.1, 0.15) is 10.6 Å². The second kappa shape index (κ2) is 6.69. The summed E-state index contributed by atoms with van der Waals surface area (Å²) in [4.78, 5) is 0.0628. The molecule has 20 heavy (non-hydrogen) atoms. The van der Waals surface area contributed by atoms with Crippen LogP contribution in [0.2, 0.25) is 0 Å². The van der Waals surface area contributed by atoms with E-state index in [0.717, 1.165) is 12.8 Å². The average molecular weight is 304 g/mol. The number of aliphatic hydroxyl groups is 1. The van der Waals surface area contributed by atoms with Gasteiger partial charge in [-0.3, -0.25) is 0 Å². The molecule has 0 radical (unpaired) electrons. The topological polar surface area (TPSA) is 92.4 Å². The first-order valence-electron chi connectivity index (χ1n) is 6.90. The van der Waals surface area contributed by atoms with Crippen molar-refractivity contribution in [2.45, 2.75) is 63.9 Å². The molecular weight excluding hydrogens is 280 g/mol. The number of hydrogen-bond acceptors (Lipinski definition) is 5. The summed E-state index contributed by atoms with van der Waals surface area (Å²) < 4.78 is 31.9. The number of hydrogen-bond donors (Lipinski definition) is 2. The molecule has 0 atom stereocenters. The van der Waals surface area contributed by atoms with Crippen molar-refractivity contribution in [3.63, 3.8) is 0 Å². The van der Waals surface area contributed by atoms with E-state index in [1.165, 1.54) is 0 Å². The minimum Gasteiger partial charge on any atom is -0.389 e. The third-order valence-electron chi connectivity index (χ3n) is 3.26. The Morgan fingerprint density at radius 3 is 2.20 bits per heavy atom. The van der Waals surface area contributed by atoms with Crippen LogP contribution in [0.1, 0.15) is 51.0 Å². The maximum atomic E-state index is 12.3. The largest absolute Gasteiger partial charge is 0.389 e. The number of aromatic nitrogens is 1. The van der Waals surface area contributed by atoms with Gasteiger partial charge in [-0.25, -0.2) is 13.1 Å². The van der Waals surface area contributed by atoms with E-state index in [4.69, 9.17) is 4.52 Å². The quantitative estimate of drug-likeness (QED) is 0.765. The molecule has 116 valence electrons. The van der Waals surface area contributed by atoms with Crippen molar-refractivity contribution in [2.24, 2.45) is 0 Å². The number of sulfonamides is 1. The normalized spacial score (nSPS) is 12.8. The second-order valence-corrected chi connectivity index (χ2v) is 6.91. The highest BCUT2D eigenvalue weighted by atomic mass is 32.2. The molecule has 1 aromatic heterocycles. The molecule has 0 saturated heterocycles. The summed E-state index contributed by atoms with van der Waals surface area (Å²) in [6.07, 6.45) is 2.71. The van der Waals surface area contributed by atoms with Gasteiger partial charge >= 0.3 is 0 Å². The maximum absolute atomic E-state index is 12.3. The minimum absolute atomic E-state index is 0.00106. The molecule has 0 aliphatic heterocycles. The zero-order chi connectivity index (χ0) is 15.4. The van der Waals surface area contributed by atoms with Gasteiger partial charge in [-0.05, 0) is 26.7 Å². The van der Waals surface area contributed by atoms with E-state index in [1.807, 2.05) is 13.8 Å². The predicted molar refractivity (Wildman–Crippen MR) is 75.9 cm³/mol. The van der Waals surface area contributed by atoms with E-state index in [0.29, 0.717) is 18.5 Å². The van der Waals surface area contributed by atoms with Gasteiger partial charge in [-0.2, -0.15) is 0 Å². The van der Waals surface area contributed by atoms with E-state index in [2.05, 4.69) is 9.88 Å². The number of nitrogens with zero attached hydrogens (tertiary/aromatic N) is 1. The van der Waals surface area contributed by atoms with Gasteiger partial charge in [0.25, 0.3) is 0 Å². The van der Waals surface area contributed by atoms with Gasteiger partial charge < -0.3 is 9.63 Å². The SMILES string of the molecule is CCCC(O)(CCC)CNS(=O)(=O)c1c(C)noc1C. The van der Waals surface area contributed by atoms with E-state index in [-0.39, 0.29) is 17.2 Å². The van der Waals surface area contributed by atoms with E-state index < -0.39 is 15.6 Å². The Balaban J connectivity index is 2.87. The second-order valence-electron chi connectivity index (χ2n) is 5.20. The van der Waals surface area contributed by atoms with Gasteiger partial charge in [0.2, 0.25) is 10.0 Å². The molecular formula is C13H24N2O4S. The van der Waals surface area contributed by atoms with Crippen molar-refractivity contribution in [1.82, 2.24) is 9.88 Å². The molecule has 0 saturated carbocycles. The molecule has 2 N–H and O–H groups in total. The maximum Gasteiger partial charge on any atom is 0.246 e. The van der Waals surface area contributed by atoms with Crippen LogP contribution >= 0.6 is 0 Å². The Bertz CT molecular complexity index is 511. The molecule has 0 aromatic carbocycles. The van der Waals surface area contributed by atoms with Crippen LogP contribution in [-0.4, -0.2) is 30.8 Å². The summed E-state index contributed by atoms with van der Waals surface area (Å²) in [5, 5.41) is 14.1. The van der Waals surface area contributed by atoms with Crippen LogP contribution in [0.15, 0.2) is 9.42 Å². The summed E-state index contributed by atoms with van der Waals surface area (Å²) in [7, 11) is -3.71. The first kappa shape index (κ1) is 17.1. The lowest BCUT2D eigenvalue weighted by Gasteiger charge is -2.27. The average Bonchev–Trinajstić information content (AvgIpc) is 2.68. The van der Waals surface area contributed by atoms with Crippen LogP contribution in [0.4, 0.5) is 0 Å². The molecule has 1 rings (SSSR count). The summed E-state index contributed by atoms with van der Waals surface area (Å²) in [5.41, 5.74) is -0.681. The van der Waals surface area contributed by atoms with Gasteiger partial charge in [-0.15, -0.1) is 0 Å². The molecule has 0 amide bonds. The molecule has 0 aliphatic rings. The van der Waals surface area contributed by atoms with Crippen molar-refractivity contribution in [2.75, 3.05) is 6.54 Å². The van der Waals surface area contributed by atoms with E-state index in [9.17, 15) is 13.5 Å². The smallest absolute Gasteiger partial charge is 0.246 e. The molecule has 7 heteroatoms. The predicted octanol–water partition coefficient (Wildman–Crippen LogP) is 1.90. The zero-order valence-electron chi connectivity index (χ0n) is 12.6. The molecule has 0 bridgehead atoms. The van der Waals surface area contributed by atoms with Gasteiger partial charge in [0, 0.05) is 6.54 Å². The monoisotopic (exact) mass is 304 g/mol. The van der Waals surface area contributed by atoms with Crippen LogP contribution in [0.3, 0.4) is 0 Å². The van der Waals surface area contributed by atoms with Crippen molar-refractivity contribution < 1.29 is 18.0 Å². The number of nitrogens with one attached hydrogen (secondary N) is 1. The van der Waals surface area contributed by atoms with Gasteiger partial charge in [0.15, 0.2) is 5.76 Å². The lowest BCUT2D eigenvalue weighted by atomic mass is 9.93. The van der Waals surface area contributed by atoms with Crippen molar-refractivity contribution in [3.8, 4) is 0 Å². The Labute approximate surface area is 120 Å². The summed E-state index contributed by atoms with van der Waals surface area (Å²) in [6, 6.07) is 0. The van der Waals surface area contributed by atoms with Crippen LogP contribution in [-0.2, 0) is 10.0 Å². The lowest BCUT2D eigenvalue weighted by molar-refractivity contribution is 0.0266. The Morgan fingerprint density at radius 1 is 1.25 bits per heavy atom. The Morgan fingerprint density at radius 2 is 1.80 bits per heavy atom. The van der Waals surface area contributed by atoms with E-state index >= 15 is 0 Å². The fraction of sp³-hybridized carbons (Fsp3) is 0.769. The third-order valence-corrected chi connectivity index (χ3v) is 4.90. The minimum atomic E-state index is -3.71. The van der Waals surface area contributed by atoms with E-state index in [1.54, 1.807) is 13.8 Å². The van der Waals surface area contributed by atoms with Crippen LogP contribution in [0.25, 0.3) is 0 Å². The molecule has 1 aromatic rings. The Kier molecular flexibility index (Phi) is 5.73. The highest BCUT2D eigenvalue weighted by Crippen LogP contribution is 2.22. The Hall–Kier alpha value is -0.920. The van der Waals surface area contributed by atoms with Crippen LogP contribution in [0.5, 0.6) is 0 Å². The molecule has 0 spiro atoms. The standard InChI is InChI=1S/C13H24N2O4S/c1-5-7-13(16,8-6-2)9-14-20(17,18)12-10(3)15-19-11(12)4/h14,16H,5-9H2,1-4H3. The molecule has 1 heterocycles. The van der Waals surface area contributed by atoms with Crippen molar-refractivity contribution in [1.29, 1.82) is 0 Å². The molecule has 0 aliphatic carbocycles. The summed E-state index contributed by atoms with van der Waals surface area (Å²) in [5.74, 6) is 0.254. The van der Waals surface area contributed by atoms with Crippen LogP contribution in [0, 0.1) is 13.8 Å². The fourth-order valence-electron chi connectivity index (χ4n) is 2.39. The molecule has 0 fully saturated rings. The highest BCUT2D eigenvalue weighted by Gasteiger charge is 2.30. The molecule has 6 nitrogen and oxygen atoms in total. The summed E-state index contributed by atoms with van der Waals surface area (Å²) in [6.45, 7) is 7.06. The van der Waals surface area contributed by atoms with Crippen molar-refractivity contribution in [3.05, 3.63) is 11.5 Å². The highest BCUT2D eigenvalue weighted by molar-refractivity contribution is 7.89.